The minimum Gasteiger partial charge on any atom is -0.353 e. The summed E-state index contributed by atoms with van der Waals surface area (Å²) in [7, 11) is 0. The number of anilines is 1. The summed E-state index contributed by atoms with van der Waals surface area (Å²) in [6.07, 6.45) is 3.93. The minimum atomic E-state index is -0.0918. The smallest absolute Gasteiger partial charge is 0.224 e. The zero-order valence-electron chi connectivity index (χ0n) is 13.7. The highest BCUT2D eigenvalue weighted by Crippen LogP contribution is 2.29. The quantitative estimate of drug-likeness (QED) is 0.897. The Balaban J connectivity index is 1.87. The first-order valence-corrected chi connectivity index (χ1v) is 8.11. The van der Waals surface area contributed by atoms with Crippen LogP contribution in [0.3, 0.4) is 0 Å². The van der Waals surface area contributed by atoms with Gasteiger partial charge in [0.2, 0.25) is 11.8 Å². The normalized spacial score (nSPS) is 24.6. The highest BCUT2D eigenvalue weighted by molar-refractivity contribution is 5.88. The molecule has 22 heavy (non-hydrogen) atoms. The Morgan fingerprint density at radius 1 is 1.14 bits per heavy atom. The number of benzene rings is 1. The third-order valence-corrected chi connectivity index (χ3v) is 4.69. The molecule has 3 unspecified atom stereocenters. The fourth-order valence-electron chi connectivity index (χ4n) is 3.14. The number of nitrogens with one attached hydrogen (secondary N) is 2. The number of carbonyl (C=O) groups excluding carboxylic acids is 2. The molecule has 1 aliphatic rings. The van der Waals surface area contributed by atoms with Crippen molar-refractivity contribution in [3.05, 3.63) is 29.8 Å². The molecular weight excluding hydrogens is 276 g/mol. The molecule has 0 spiro atoms. The predicted molar refractivity (Wildman–Crippen MR) is 88.6 cm³/mol. The van der Waals surface area contributed by atoms with Gasteiger partial charge in [0.1, 0.15) is 0 Å². The molecule has 2 amide bonds. The van der Waals surface area contributed by atoms with Crippen LogP contribution in [0, 0.1) is 11.8 Å². The van der Waals surface area contributed by atoms with Crippen molar-refractivity contribution in [2.24, 2.45) is 11.8 Å². The van der Waals surface area contributed by atoms with Crippen molar-refractivity contribution in [1.29, 1.82) is 0 Å². The van der Waals surface area contributed by atoms with Gasteiger partial charge in [0, 0.05) is 18.7 Å². The van der Waals surface area contributed by atoms with E-state index in [2.05, 4.69) is 24.5 Å². The van der Waals surface area contributed by atoms with E-state index in [1.165, 1.54) is 19.8 Å². The van der Waals surface area contributed by atoms with Crippen molar-refractivity contribution in [3.63, 3.8) is 0 Å². The van der Waals surface area contributed by atoms with Crippen LogP contribution in [0.15, 0.2) is 24.3 Å². The summed E-state index contributed by atoms with van der Waals surface area (Å²) in [5, 5.41) is 5.91. The molecule has 120 valence electrons. The van der Waals surface area contributed by atoms with Crippen molar-refractivity contribution >= 4 is 17.5 Å². The zero-order chi connectivity index (χ0) is 16.1. The Labute approximate surface area is 132 Å². The van der Waals surface area contributed by atoms with Crippen molar-refractivity contribution in [2.75, 3.05) is 5.32 Å². The largest absolute Gasteiger partial charge is 0.353 e. The maximum atomic E-state index is 12.2. The zero-order valence-corrected chi connectivity index (χ0v) is 13.7. The second-order valence-corrected chi connectivity index (χ2v) is 6.50. The topological polar surface area (TPSA) is 58.2 Å². The lowest BCUT2D eigenvalue weighted by molar-refractivity contribution is -0.122. The molecule has 1 aromatic rings. The third-order valence-electron chi connectivity index (χ3n) is 4.69. The van der Waals surface area contributed by atoms with Crippen LogP contribution in [0.1, 0.15) is 45.6 Å². The number of hydrogen-bond donors (Lipinski definition) is 2. The van der Waals surface area contributed by atoms with Crippen molar-refractivity contribution in [1.82, 2.24) is 5.32 Å². The summed E-state index contributed by atoms with van der Waals surface area (Å²) in [5.41, 5.74) is 1.72. The first-order chi connectivity index (χ1) is 10.5. The Morgan fingerprint density at radius 3 is 2.45 bits per heavy atom. The lowest BCUT2D eigenvalue weighted by Gasteiger charge is -2.34. The molecule has 2 rings (SSSR count). The van der Waals surface area contributed by atoms with E-state index in [4.69, 9.17) is 0 Å². The summed E-state index contributed by atoms with van der Waals surface area (Å²) in [6, 6.07) is 7.73. The molecule has 1 saturated carbocycles. The highest BCUT2D eigenvalue weighted by Gasteiger charge is 2.27. The van der Waals surface area contributed by atoms with Crippen LogP contribution in [0.2, 0.25) is 0 Å². The summed E-state index contributed by atoms with van der Waals surface area (Å²) < 4.78 is 0. The molecule has 3 atom stereocenters. The van der Waals surface area contributed by atoms with Gasteiger partial charge in [-0.1, -0.05) is 38.8 Å². The molecule has 1 aliphatic carbocycles. The number of rotatable bonds is 4. The molecule has 0 aliphatic heterocycles. The van der Waals surface area contributed by atoms with Crippen LogP contribution >= 0.6 is 0 Å². The van der Waals surface area contributed by atoms with Gasteiger partial charge in [-0.05, 0) is 36.0 Å². The Hall–Kier alpha value is -1.84. The fraction of sp³-hybridized carbons (Fsp3) is 0.556. The highest BCUT2D eigenvalue weighted by atomic mass is 16.2. The van der Waals surface area contributed by atoms with E-state index in [0.717, 1.165) is 17.7 Å². The average Bonchev–Trinajstić information content (AvgIpc) is 2.45. The van der Waals surface area contributed by atoms with Gasteiger partial charge >= 0.3 is 0 Å². The van der Waals surface area contributed by atoms with Gasteiger partial charge in [0.05, 0.1) is 6.42 Å². The van der Waals surface area contributed by atoms with E-state index in [0.29, 0.717) is 24.3 Å². The number of carbonyl (C=O) groups is 2. The summed E-state index contributed by atoms with van der Waals surface area (Å²) >= 11 is 0. The van der Waals surface area contributed by atoms with Crippen molar-refractivity contribution in [3.8, 4) is 0 Å². The van der Waals surface area contributed by atoms with Crippen LogP contribution in [0.25, 0.3) is 0 Å². The van der Waals surface area contributed by atoms with Crippen LogP contribution in [-0.4, -0.2) is 17.9 Å². The van der Waals surface area contributed by atoms with E-state index in [9.17, 15) is 9.59 Å². The third kappa shape index (κ3) is 4.58. The predicted octanol–water partition coefficient (Wildman–Crippen LogP) is 3.13. The Bertz CT molecular complexity index is 524. The van der Waals surface area contributed by atoms with E-state index in [-0.39, 0.29) is 11.8 Å². The Kier molecular flexibility index (Phi) is 5.58. The molecule has 1 aromatic carbocycles. The SMILES string of the molecule is CC(=O)Nc1ccc(CC(=O)NC2CCCC(C)C2C)cc1. The van der Waals surface area contributed by atoms with Crippen LogP contribution in [0.4, 0.5) is 5.69 Å². The fourth-order valence-corrected chi connectivity index (χ4v) is 3.14. The van der Waals surface area contributed by atoms with Gasteiger partial charge in [-0.15, -0.1) is 0 Å². The van der Waals surface area contributed by atoms with Gasteiger partial charge in [0.15, 0.2) is 0 Å². The summed E-state index contributed by atoms with van der Waals surface area (Å²) in [6.45, 7) is 5.98. The molecule has 2 N–H and O–H groups in total. The van der Waals surface area contributed by atoms with Crippen molar-refractivity contribution < 1.29 is 9.59 Å². The molecule has 0 aromatic heterocycles. The number of hydrogen-bond acceptors (Lipinski definition) is 2. The second kappa shape index (κ2) is 7.43. The lowest BCUT2D eigenvalue weighted by atomic mass is 9.78. The lowest BCUT2D eigenvalue weighted by Crippen LogP contribution is -2.44. The van der Waals surface area contributed by atoms with Gasteiger partial charge in [-0.3, -0.25) is 9.59 Å². The monoisotopic (exact) mass is 302 g/mol. The van der Waals surface area contributed by atoms with Gasteiger partial charge in [-0.2, -0.15) is 0 Å². The molecule has 4 nitrogen and oxygen atoms in total. The van der Waals surface area contributed by atoms with Crippen molar-refractivity contribution in [2.45, 2.75) is 52.5 Å². The second-order valence-electron chi connectivity index (χ2n) is 6.50. The molecule has 0 bridgehead atoms. The van der Waals surface area contributed by atoms with Gasteiger partial charge < -0.3 is 10.6 Å². The maximum Gasteiger partial charge on any atom is 0.224 e. The molecule has 0 saturated heterocycles. The van der Waals surface area contributed by atoms with E-state index < -0.39 is 0 Å². The molecule has 0 radical (unpaired) electrons. The standard InChI is InChI=1S/C18H26N2O2/c1-12-5-4-6-17(13(12)2)20-18(22)11-15-7-9-16(10-8-15)19-14(3)21/h7-10,12-13,17H,4-6,11H2,1-3H3,(H,19,21)(H,20,22). The minimum absolute atomic E-state index is 0.0817. The molecule has 4 heteroatoms. The summed E-state index contributed by atoms with van der Waals surface area (Å²) in [5.74, 6) is 1.21. The molecule has 1 fully saturated rings. The van der Waals surface area contributed by atoms with Gasteiger partial charge in [-0.25, -0.2) is 0 Å². The number of amides is 2. The molecule has 0 heterocycles. The van der Waals surface area contributed by atoms with Crippen LogP contribution in [0.5, 0.6) is 0 Å². The average molecular weight is 302 g/mol. The van der Waals surface area contributed by atoms with Crippen LogP contribution in [-0.2, 0) is 16.0 Å². The summed E-state index contributed by atoms with van der Waals surface area (Å²) in [4.78, 5) is 23.2. The maximum absolute atomic E-state index is 12.2. The van der Waals surface area contributed by atoms with E-state index in [1.54, 1.807) is 0 Å². The van der Waals surface area contributed by atoms with Gasteiger partial charge in [0.25, 0.3) is 0 Å². The van der Waals surface area contributed by atoms with E-state index >= 15 is 0 Å². The van der Waals surface area contributed by atoms with E-state index in [1.807, 2.05) is 24.3 Å². The van der Waals surface area contributed by atoms with Crippen LogP contribution < -0.4 is 10.6 Å². The first kappa shape index (κ1) is 16.5. The Morgan fingerprint density at radius 2 is 1.82 bits per heavy atom. The first-order valence-electron chi connectivity index (χ1n) is 8.11. The molecular formula is C18H26N2O2.